The van der Waals surface area contributed by atoms with E-state index in [1.807, 2.05) is 29.2 Å². The SMILES string of the molecule is NNc1ccc2cccc(OCC(=O)N3CCCC3)c2n1. The maximum Gasteiger partial charge on any atom is 0.260 e. The molecule has 1 amide bonds. The van der Waals surface area contributed by atoms with Crippen LogP contribution in [0.2, 0.25) is 0 Å². The van der Waals surface area contributed by atoms with Crippen LogP contribution in [0.4, 0.5) is 5.82 Å². The monoisotopic (exact) mass is 286 g/mol. The molecule has 6 nitrogen and oxygen atoms in total. The van der Waals surface area contributed by atoms with Gasteiger partial charge in [-0.15, -0.1) is 0 Å². The highest BCUT2D eigenvalue weighted by atomic mass is 16.5. The second-order valence-electron chi connectivity index (χ2n) is 5.05. The van der Waals surface area contributed by atoms with E-state index in [9.17, 15) is 4.79 Å². The zero-order valence-electron chi connectivity index (χ0n) is 11.7. The van der Waals surface area contributed by atoms with Crippen molar-refractivity contribution in [3.05, 3.63) is 30.3 Å². The Hall–Kier alpha value is -2.34. The van der Waals surface area contributed by atoms with Crippen molar-refractivity contribution in [3.8, 4) is 5.75 Å². The number of nitrogens with two attached hydrogens (primary N) is 1. The zero-order chi connectivity index (χ0) is 14.7. The van der Waals surface area contributed by atoms with Gasteiger partial charge in [-0.3, -0.25) is 4.79 Å². The molecule has 0 saturated carbocycles. The van der Waals surface area contributed by atoms with E-state index < -0.39 is 0 Å². The number of fused-ring (bicyclic) bond motifs is 1. The lowest BCUT2D eigenvalue weighted by Gasteiger charge is -2.16. The number of carbonyl (C=O) groups is 1. The second-order valence-corrected chi connectivity index (χ2v) is 5.05. The van der Waals surface area contributed by atoms with Crippen molar-refractivity contribution in [2.45, 2.75) is 12.8 Å². The number of hydrogen-bond acceptors (Lipinski definition) is 5. The number of ether oxygens (including phenoxy) is 1. The molecule has 0 radical (unpaired) electrons. The molecule has 0 bridgehead atoms. The van der Waals surface area contributed by atoms with Crippen LogP contribution in [0.15, 0.2) is 30.3 Å². The first-order valence-corrected chi connectivity index (χ1v) is 7.05. The Morgan fingerprint density at radius 1 is 1.29 bits per heavy atom. The molecule has 1 saturated heterocycles. The molecular formula is C15H18N4O2. The van der Waals surface area contributed by atoms with Crippen LogP contribution in [0, 0.1) is 0 Å². The number of hydrazine groups is 1. The number of nitrogens with zero attached hydrogens (tertiary/aromatic N) is 2. The van der Waals surface area contributed by atoms with Crippen LogP contribution in [0.25, 0.3) is 10.9 Å². The molecule has 1 aromatic carbocycles. The van der Waals surface area contributed by atoms with E-state index in [0.29, 0.717) is 17.1 Å². The summed E-state index contributed by atoms with van der Waals surface area (Å²) in [6.45, 7) is 1.70. The summed E-state index contributed by atoms with van der Waals surface area (Å²) >= 11 is 0. The van der Waals surface area contributed by atoms with E-state index in [-0.39, 0.29) is 12.5 Å². The molecule has 1 aromatic heterocycles. The van der Waals surface area contributed by atoms with Crippen molar-refractivity contribution in [1.29, 1.82) is 0 Å². The number of amides is 1. The van der Waals surface area contributed by atoms with E-state index >= 15 is 0 Å². The van der Waals surface area contributed by atoms with E-state index in [1.165, 1.54) is 0 Å². The molecular weight excluding hydrogens is 268 g/mol. The number of carbonyl (C=O) groups excluding carboxylic acids is 1. The minimum atomic E-state index is 0.0256. The number of benzene rings is 1. The van der Waals surface area contributed by atoms with Crippen LogP contribution in [0.3, 0.4) is 0 Å². The van der Waals surface area contributed by atoms with E-state index in [4.69, 9.17) is 10.6 Å². The van der Waals surface area contributed by atoms with Crippen LogP contribution in [0.5, 0.6) is 5.75 Å². The van der Waals surface area contributed by atoms with E-state index in [2.05, 4.69) is 10.4 Å². The molecule has 1 fully saturated rings. The first kappa shape index (κ1) is 13.6. The van der Waals surface area contributed by atoms with Gasteiger partial charge in [-0.1, -0.05) is 12.1 Å². The van der Waals surface area contributed by atoms with E-state index in [0.717, 1.165) is 31.3 Å². The van der Waals surface area contributed by atoms with Crippen LogP contribution >= 0.6 is 0 Å². The summed E-state index contributed by atoms with van der Waals surface area (Å²) in [6, 6.07) is 9.34. The predicted octanol–water partition coefficient (Wildman–Crippen LogP) is 1.52. The van der Waals surface area contributed by atoms with Gasteiger partial charge in [0.25, 0.3) is 5.91 Å². The number of nitrogen functional groups attached to an aromatic ring is 1. The summed E-state index contributed by atoms with van der Waals surface area (Å²) in [4.78, 5) is 18.2. The fraction of sp³-hybridized carbons (Fsp3) is 0.333. The molecule has 0 spiro atoms. The third-order valence-corrected chi connectivity index (χ3v) is 3.64. The third-order valence-electron chi connectivity index (χ3n) is 3.64. The van der Waals surface area contributed by atoms with Gasteiger partial charge in [-0.25, -0.2) is 10.8 Å². The summed E-state index contributed by atoms with van der Waals surface area (Å²) in [5.41, 5.74) is 3.21. The molecule has 1 aliphatic heterocycles. The smallest absolute Gasteiger partial charge is 0.260 e. The highest BCUT2D eigenvalue weighted by Crippen LogP contribution is 2.25. The molecule has 2 heterocycles. The van der Waals surface area contributed by atoms with Gasteiger partial charge in [0.2, 0.25) is 0 Å². The van der Waals surface area contributed by atoms with Gasteiger partial charge in [-0.05, 0) is 31.0 Å². The molecule has 0 atom stereocenters. The van der Waals surface area contributed by atoms with Crippen molar-refractivity contribution >= 4 is 22.6 Å². The van der Waals surface area contributed by atoms with Crippen molar-refractivity contribution < 1.29 is 9.53 Å². The van der Waals surface area contributed by atoms with Crippen LogP contribution in [0.1, 0.15) is 12.8 Å². The zero-order valence-corrected chi connectivity index (χ0v) is 11.7. The Labute approximate surface area is 122 Å². The van der Waals surface area contributed by atoms with Crippen molar-refractivity contribution in [3.63, 3.8) is 0 Å². The fourth-order valence-corrected chi connectivity index (χ4v) is 2.51. The minimum absolute atomic E-state index is 0.0256. The van der Waals surface area contributed by atoms with Gasteiger partial charge in [-0.2, -0.15) is 0 Å². The number of anilines is 1. The highest BCUT2D eigenvalue weighted by Gasteiger charge is 2.18. The molecule has 0 aliphatic carbocycles. The number of hydrogen-bond donors (Lipinski definition) is 2. The number of pyridine rings is 1. The summed E-state index contributed by atoms with van der Waals surface area (Å²) in [5.74, 6) is 6.56. The molecule has 1 aliphatic rings. The van der Waals surface area contributed by atoms with Crippen molar-refractivity contribution in [2.24, 2.45) is 5.84 Å². The van der Waals surface area contributed by atoms with Crippen LogP contribution < -0.4 is 16.0 Å². The normalized spacial score (nSPS) is 14.4. The summed E-state index contributed by atoms with van der Waals surface area (Å²) < 4.78 is 5.67. The number of nitrogens with one attached hydrogen (secondary N) is 1. The molecule has 0 unspecified atom stereocenters. The standard InChI is InChI=1S/C15H18N4O2/c16-18-13-7-6-11-4-3-5-12(15(11)17-13)21-10-14(20)19-8-1-2-9-19/h3-7H,1-2,8-10,16H2,(H,17,18). The van der Waals surface area contributed by atoms with Crippen molar-refractivity contribution in [1.82, 2.24) is 9.88 Å². The van der Waals surface area contributed by atoms with E-state index in [1.54, 1.807) is 6.07 Å². The van der Waals surface area contributed by atoms with Gasteiger partial charge >= 0.3 is 0 Å². The lowest BCUT2D eigenvalue weighted by atomic mass is 10.2. The lowest BCUT2D eigenvalue weighted by Crippen LogP contribution is -2.32. The molecule has 3 rings (SSSR count). The number of likely N-dealkylation sites (tertiary alicyclic amines) is 1. The molecule has 3 N–H and O–H groups in total. The van der Waals surface area contributed by atoms with Gasteiger partial charge in [0, 0.05) is 18.5 Å². The third kappa shape index (κ3) is 2.90. The van der Waals surface area contributed by atoms with Gasteiger partial charge < -0.3 is 15.1 Å². The quantitative estimate of drug-likeness (QED) is 0.658. The minimum Gasteiger partial charge on any atom is -0.481 e. The topological polar surface area (TPSA) is 80.5 Å². The second kappa shape index (κ2) is 5.97. The van der Waals surface area contributed by atoms with Gasteiger partial charge in [0.15, 0.2) is 6.61 Å². The molecule has 2 aromatic rings. The van der Waals surface area contributed by atoms with Gasteiger partial charge in [0.05, 0.1) is 0 Å². The summed E-state index contributed by atoms with van der Waals surface area (Å²) in [5, 5.41) is 0.945. The molecule has 110 valence electrons. The lowest BCUT2D eigenvalue weighted by molar-refractivity contribution is -0.132. The number of rotatable bonds is 4. The average Bonchev–Trinajstić information content (AvgIpc) is 3.06. The highest BCUT2D eigenvalue weighted by molar-refractivity contribution is 5.86. The maximum atomic E-state index is 12.0. The number of para-hydroxylation sites is 1. The Bertz CT molecular complexity index is 653. The maximum absolute atomic E-state index is 12.0. The van der Waals surface area contributed by atoms with Crippen molar-refractivity contribution in [2.75, 3.05) is 25.1 Å². The molecule has 6 heteroatoms. The molecule has 21 heavy (non-hydrogen) atoms. The van der Waals surface area contributed by atoms with Gasteiger partial charge in [0.1, 0.15) is 17.1 Å². The van der Waals surface area contributed by atoms with Crippen LogP contribution in [-0.4, -0.2) is 35.5 Å². The fourth-order valence-electron chi connectivity index (χ4n) is 2.51. The predicted molar refractivity (Wildman–Crippen MR) is 80.9 cm³/mol. The first-order chi connectivity index (χ1) is 10.3. The van der Waals surface area contributed by atoms with Crippen LogP contribution in [-0.2, 0) is 4.79 Å². The first-order valence-electron chi connectivity index (χ1n) is 7.05. The Morgan fingerprint density at radius 3 is 2.86 bits per heavy atom. The Balaban J connectivity index is 1.78. The largest absolute Gasteiger partial charge is 0.481 e. The average molecular weight is 286 g/mol. The summed E-state index contributed by atoms with van der Waals surface area (Å²) in [6.07, 6.45) is 2.15. The Kier molecular flexibility index (Phi) is 3.87. The summed E-state index contributed by atoms with van der Waals surface area (Å²) in [7, 11) is 0. The Morgan fingerprint density at radius 2 is 2.10 bits per heavy atom. The number of aromatic nitrogens is 1.